The molecule has 2 aromatic carbocycles. The van der Waals surface area contributed by atoms with E-state index in [2.05, 4.69) is 25.9 Å². The number of fused-ring (bicyclic) bond motifs is 1. The summed E-state index contributed by atoms with van der Waals surface area (Å²) in [5.74, 6) is -3.05. The van der Waals surface area contributed by atoms with Crippen molar-refractivity contribution in [2.45, 2.75) is 18.5 Å². The highest BCUT2D eigenvalue weighted by Gasteiger charge is 2.37. The number of aromatic amines is 1. The third-order valence-corrected chi connectivity index (χ3v) is 5.12. The van der Waals surface area contributed by atoms with Gasteiger partial charge in [-0.25, -0.2) is 0 Å². The van der Waals surface area contributed by atoms with Gasteiger partial charge in [0, 0.05) is 17.1 Å². The predicted octanol–water partition coefficient (Wildman–Crippen LogP) is 4.25. The fourth-order valence-corrected chi connectivity index (χ4v) is 3.51. The molecule has 170 valence electrons. The number of carbonyl (C=O) groups excluding carboxylic acids is 2. The molecule has 3 aromatic rings. The standard InChI is InChI=1S/C21H15ClF3N5O3/c22-10-5-7-11(8-6-10)26-20-29-17-16(19(33)30-20)12(9-15(31)28-17)18(32)27-14-4-2-1-3-13(14)21(23,24)25/h1-8,12H,9H2,(H,27,32)(H3,26,28,29,30,31,33). The molecular weight excluding hydrogens is 463 g/mol. The van der Waals surface area contributed by atoms with Gasteiger partial charge in [-0.3, -0.25) is 19.4 Å². The van der Waals surface area contributed by atoms with Crippen LogP contribution < -0.4 is 21.5 Å². The minimum absolute atomic E-state index is 0.00940. The molecule has 1 atom stereocenters. The lowest BCUT2D eigenvalue weighted by molar-refractivity contribution is -0.137. The van der Waals surface area contributed by atoms with E-state index < -0.39 is 47.1 Å². The minimum atomic E-state index is -4.70. The van der Waals surface area contributed by atoms with Crippen LogP contribution in [0.15, 0.2) is 53.3 Å². The summed E-state index contributed by atoms with van der Waals surface area (Å²) in [5.41, 5.74) is -1.86. The average molecular weight is 478 g/mol. The predicted molar refractivity (Wildman–Crippen MR) is 116 cm³/mol. The van der Waals surface area contributed by atoms with E-state index in [1.54, 1.807) is 24.3 Å². The van der Waals surface area contributed by atoms with Gasteiger partial charge in [-0.05, 0) is 36.4 Å². The van der Waals surface area contributed by atoms with Gasteiger partial charge in [0.1, 0.15) is 5.82 Å². The fraction of sp³-hybridized carbons (Fsp3) is 0.143. The number of nitrogens with zero attached hydrogens (tertiary/aromatic N) is 1. The lowest BCUT2D eigenvalue weighted by Crippen LogP contribution is -2.36. The number of aromatic nitrogens is 2. The number of alkyl halides is 3. The van der Waals surface area contributed by atoms with Gasteiger partial charge in [-0.15, -0.1) is 0 Å². The number of halogens is 4. The van der Waals surface area contributed by atoms with Crippen LogP contribution in [0.5, 0.6) is 0 Å². The van der Waals surface area contributed by atoms with E-state index in [9.17, 15) is 27.6 Å². The van der Waals surface area contributed by atoms with Gasteiger partial charge in [-0.2, -0.15) is 18.2 Å². The number of para-hydroxylation sites is 1. The van der Waals surface area contributed by atoms with E-state index >= 15 is 0 Å². The zero-order valence-electron chi connectivity index (χ0n) is 16.6. The van der Waals surface area contributed by atoms with Crippen molar-refractivity contribution in [3.63, 3.8) is 0 Å². The summed E-state index contributed by atoms with van der Waals surface area (Å²) in [5, 5.41) is 7.96. The summed E-state index contributed by atoms with van der Waals surface area (Å²) in [4.78, 5) is 44.4. The molecule has 0 radical (unpaired) electrons. The maximum absolute atomic E-state index is 13.3. The summed E-state index contributed by atoms with van der Waals surface area (Å²) in [7, 11) is 0. The number of hydrogen-bond acceptors (Lipinski definition) is 5. The number of rotatable bonds is 4. The van der Waals surface area contributed by atoms with Crippen LogP contribution in [0.2, 0.25) is 5.02 Å². The van der Waals surface area contributed by atoms with E-state index in [1.165, 1.54) is 12.1 Å². The second kappa shape index (κ2) is 8.58. The van der Waals surface area contributed by atoms with Crippen LogP contribution in [0, 0.1) is 0 Å². The van der Waals surface area contributed by atoms with Crippen molar-refractivity contribution in [1.29, 1.82) is 0 Å². The smallest absolute Gasteiger partial charge is 0.326 e. The van der Waals surface area contributed by atoms with Crippen molar-refractivity contribution in [3.05, 3.63) is 75.0 Å². The first-order valence-electron chi connectivity index (χ1n) is 9.55. The second-order valence-corrected chi connectivity index (χ2v) is 7.58. The summed E-state index contributed by atoms with van der Waals surface area (Å²) >= 11 is 5.84. The van der Waals surface area contributed by atoms with Crippen molar-refractivity contribution in [2.75, 3.05) is 16.0 Å². The Kier molecular flexibility index (Phi) is 5.81. The largest absolute Gasteiger partial charge is 0.418 e. The monoisotopic (exact) mass is 477 g/mol. The lowest BCUT2D eigenvalue weighted by Gasteiger charge is -2.24. The zero-order valence-corrected chi connectivity index (χ0v) is 17.3. The molecule has 12 heteroatoms. The van der Waals surface area contributed by atoms with Crippen molar-refractivity contribution in [1.82, 2.24) is 9.97 Å². The highest BCUT2D eigenvalue weighted by Crippen LogP contribution is 2.36. The summed E-state index contributed by atoms with van der Waals surface area (Å²) in [6.07, 6.45) is -5.13. The Labute approximate surface area is 189 Å². The average Bonchev–Trinajstić information content (AvgIpc) is 2.74. The quantitative estimate of drug-likeness (QED) is 0.448. The SMILES string of the molecule is O=C1CC(C(=O)Nc2ccccc2C(F)(F)F)c2c(nc(Nc3ccc(Cl)cc3)[nH]c2=O)N1. The Morgan fingerprint density at radius 1 is 1.09 bits per heavy atom. The third-order valence-electron chi connectivity index (χ3n) is 4.86. The Hall–Kier alpha value is -3.86. The zero-order chi connectivity index (χ0) is 23.8. The summed E-state index contributed by atoms with van der Waals surface area (Å²) in [6.45, 7) is 0. The van der Waals surface area contributed by atoms with Gasteiger partial charge in [0.05, 0.1) is 22.7 Å². The van der Waals surface area contributed by atoms with Crippen LogP contribution in [-0.4, -0.2) is 21.8 Å². The molecule has 0 saturated carbocycles. The van der Waals surface area contributed by atoms with E-state index in [0.29, 0.717) is 10.7 Å². The van der Waals surface area contributed by atoms with Crippen LogP contribution in [0.25, 0.3) is 0 Å². The number of benzene rings is 2. The number of H-pyrrole nitrogens is 1. The van der Waals surface area contributed by atoms with E-state index in [4.69, 9.17) is 11.6 Å². The van der Waals surface area contributed by atoms with Crippen LogP contribution in [0.4, 0.5) is 36.3 Å². The first kappa shape index (κ1) is 22.3. The molecule has 1 aliphatic rings. The van der Waals surface area contributed by atoms with E-state index in [-0.39, 0.29) is 17.3 Å². The van der Waals surface area contributed by atoms with Gasteiger partial charge in [-0.1, -0.05) is 23.7 Å². The first-order chi connectivity index (χ1) is 15.6. The number of nitrogens with one attached hydrogen (secondary N) is 4. The van der Waals surface area contributed by atoms with E-state index in [0.717, 1.165) is 12.1 Å². The molecule has 4 N–H and O–H groups in total. The molecule has 4 rings (SSSR count). The Morgan fingerprint density at radius 2 is 1.79 bits per heavy atom. The molecule has 0 spiro atoms. The van der Waals surface area contributed by atoms with Crippen molar-refractivity contribution >= 4 is 46.6 Å². The summed E-state index contributed by atoms with van der Waals surface area (Å²) < 4.78 is 39.8. The molecule has 1 unspecified atom stereocenters. The second-order valence-electron chi connectivity index (χ2n) is 7.15. The summed E-state index contributed by atoms with van der Waals surface area (Å²) in [6, 6.07) is 10.9. The number of anilines is 4. The van der Waals surface area contributed by atoms with Crippen molar-refractivity contribution in [2.24, 2.45) is 0 Å². The van der Waals surface area contributed by atoms with Crippen molar-refractivity contribution < 1.29 is 22.8 Å². The molecule has 1 aromatic heterocycles. The molecule has 1 aliphatic heterocycles. The maximum Gasteiger partial charge on any atom is 0.418 e. The maximum atomic E-state index is 13.3. The van der Waals surface area contributed by atoms with Gasteiger partial charge < -0.3 is 16.0 Å². The topological polar surface area (TPSA) is 116 Å². The molecule has 0 aliphatic carbocycles. The number of hydrogen-bond donors (Lipinski definition) is 4. The number of carbonyl (C=O) groups is 2. The van der Waals surface area contributed by atoms with Crippen LogP contribution in [-0.2, 0) is 15.8 Å². The molecule has 0 saturated heterocycles. The molecule has 2 heterocycles. The van der Waals surface area contributed by atoms with Gasteiger partial charge >= 0.3 is 6.18 Å². The highest BCUT2D eigenvalue weighted by molar-refractivity contribution is 6.30. The molecule has 33 heavy (non-hydrogen) atoms. The van der Waals surface area contributed by atoms with Crippen LogP contribution in [0.3, 0.4) is 0 Å². The molecule has 2 amide bonds. The van der Waals surface area contributed by atoms with E-state index in [1.807, 2.05) is 0 Å². The first-order valence-corrected chi connectivity index (χ1v) is 9.93. The molecule has 0 fully saturated rings. The van der Waals surface area contributed by atoms with Gasteiger partial charge in [0.25, 0.3) is 5.56 Å². The minimum Gasteiger partial charge on any atom is -0.326 e. The molecule has 0 bridgehead atoms. The van der Waals surface area contributed by atoms with Crippen molar-refractivity contribution in [3.8, 4) is 0 Å². The van der Waals surface area contributed by atoms with Gasteiger partial charge in [0.15, 0.2) is 0 Å². The fourth-order valence-electron chi connectivity index (χ4n) is 3.38. The van der Waals surface area contributed by atoms with Gasteiger partial charge in [0.2, 0.25) is 17.8 Å². The van der Waals surface area contributed by atoms with Crippen LogP contribution >= 0.6 is 11.6 Å². The molecule has 8 nitrogen and oxygen atoms in total. The van der Waals surface area contributed by atoms with Crippen LogP contribution in [0.1, 0.15) is 23.5 Å². The highest BCUT2D eigenvalue weighted by atomic mass is 35.5. The Morgan fingerprint density at radius 3 is 2.48 bits per heavy atom. The number of amides is 2. The Bertz CT molecular complexity index is 1290. The normalized spacial score (nSPS) is 15.4. The Balaban J connectivity index is 1.65. The third kappa shape index (κ3) is 4.82. The lowest BCUT2D eigenvalue weighted by atomic mass is 9.92. The molecular formula is C21H15ClF3N5O3.